The quantitative estimate of drug-likeness (QED) is 0.780. The maximum atomic E-state index is 12.4. The SMILES string of the molecule is FC(F)c1cccc(-c2cc(Cl)on2)c1. The summed E-state index contributed by atoms with van der Waals surface area (Å²) in [4.78, 5) is 0. The smallest absolute Gasteiger partial charge is 0.263 e. The van der Waals surface area contributed by atoms with Crippen molar-refractivity contribution in [1.82, 2.24) is 5.16 Å². The first-order valence-corrected chi connectivity index (χ1v) is 4.55. The van der Waals surface area contributed by atoms with Crippen LogP contribution < -0.4 is 0 Å². The Morgan fingerprint density at radius 1 is 1.27 bits per heavy atom. The van der Waals surface area contributed by atoms with Crippen molar-refractivity contribution in [3.63, 3.8) is 0 Å². The van der Waals surface area contributed by atoms with Crippen LogP contribution in [-0.4, -0.2) is 5.16 Å². The molecule has 0 aliphatic heterocycles. The molecule has 0 aliphatic rings. The van der Waals surface area contributed by atoms with Gasteiger partial charge < -0.3 is 4.52 Å². The summed E-state index contributed by atoms with van der Waals surface area (Å²) in [6, 6.07) is 7.40. The summed E-state index contributed by atoms with van der Waals surface area (Å²) in [6.07, 6.45) is -2.49. The fourth-order valence-electron chi connectivity index (χ4n) is 1.22. The van der Waals surface area contributed by atoms with Crippen LogP contribution in [0.4, 0.5) is 8.78 Å². The van der Waals surface area contributed by atoms with E-state index >= 15 is 0 Å². The molecule has 5 heteroatoms. The molecule has 1 aromatic heterocycles. The lowest BCUT2D eigenvalue weighted by Gasteiger charge is -2.00. The largest absolute Gasteiger partial charge is 0.344 e. The van der Waals surface area contributed by atoms with Gasteiger partial charge in [-0.1, -0.05) is 23.4 Å². The Kier molecular flexibility index (Phi) is 2.68. The zero-order chi connectivity index (χ0) is 10.8. The van der Waals surface area contributed by atoms with Gasteiger partial charge in [0.1, 0.15) is 5.69 Å². The predicted molar refractivity (Wildman–Crippen MR) is 51.9 cm³/mol. The van der Waals surface area contributed by atoms with Crippen LogP contribution in [0.25, 0.3) is 11.3 Å². The highest BCUT2D eigenvalue weighted by atomic mass is 35.5. The average Bonchev–Trinajstić information content (AvgIpc) is 2.65. The van der Waals surface area contributed by atoms with Crippen LogP contribution in [0.1, 0.15) is 12.0 Å². The van der Waals surface area contributed by atoms with Gasteiger partial charge in [0.2, 0.25) is 5.22 Å². The van der Waals surface area contributed by atoms with Crippen molar-refractivity contribution in [2.75, 3.05) is 0 Å². The molecule has 1 aromatic carbocycles. The maximum Gasteiger partial charge on any atom is 0.263 e. The Bertz CT molecular complexity index is 470. The van der Waals surface area contributed by atoms with E-state index in [1.165, 1.54) is 18.2 Å². The van der Waals surface area contributed by atoms with Crippen LogP contribution in [0, 0.1) is 0 Å². The molecular formula is C10H6ClF2NO. The average molecular weight is 230 g/mol. The lowest BCUT2D eigenvalue weighted by Crippen LogP contribution is -1.85. The third-order valence-electron chi connectivity index (χ3n) is 1.92. The summed E-state index contributed by atoms with van der Waals surface area (Å²) in [6.45, 7) is 0. The van der Waals surface area contributed by atoms with Crippen molar-refractivity contribution in [1.29, 1.82) is 0 Å². The minimum Gasteiger partial charge on any atom is -0.344 e. The highest BCUT2D eigenvalue weighted by molar-refractivity contribution is 6.29. The van der Waals surface area contributed by atoms with Crippen LogP contribution in [-0.2, 0) is 0 Å². The van der Waals surface area contributed by atoms with Crippen LogP contribution in [0.3, 0.4) is 0 Å². The third kappa shape index (κ3) is 2.15. The molecule has 0 spiro atoms. The monoisotopic (exact) mass is 229 g/mol. The van der Waals surface area contributed by atoms with Gasteiger partial charge in [0.05, 0.1) is 0 Å². The van der Waals surface area contributed by atoms with Gasteiger partial charge in [-0.2, -0.15) is 0 Å². The molecular weight excluding hydrogens is 224 g/mol. The summed E-state index contributed by atoms with van der Waals surface area (Å²) < 4.78 is 29.4. The Balaban J connectivity index is 2.41. The van der Waals surface area contributed by atoms with Gasteiger partial charge in [0, 0.05) is 17.2 Å². The Morgan fingerprint density at radius 3 is 2.67 bits per heavy atom. The molecule has 0 fully saturated rings. The molecule has 0 saturated heterocycles. The predicted octanol–water partition coefficient (Wildman–Crippen LogP) is 3.93. The number of halogens is 3. The second-order valence-corrected chi connectivity index (χ2v) is 3.31. The summed E-state index contributed by atoms with van der Waals surface area (Å²) in [5.74, 6) is 0. The van der Waals surface area contributed by atoms with E-state index < -0.39 is 6.43 Å². The number of benzene rings is 1. The molecule has 2 nitrogen and oxygen atoms in total. The number of rotatable bonds is 2. The topological polar surface area (TPSA) is 26.0 Å². The van der Waals surface area contributed by atoms with Gasteiger partial charge in [-0.15, -0.1) is 0 Å². The minimum absolute atomic E-state index is 0.0494. The van der Waals surface area contributed by atoms with E-state index in [2.05, 4.69) is 9.68 Å². The standard InChI is InChI=1S/C10H6ClF2NO/c11-9-5-8(14-15-9)6-2-1-3-7(4-6)10(12)13/h1-5,10H. The number of nitrogens with zero attached hydrogens (tertiary/aromatic N) is 1. The van der Waals surface area contributed by atoms with Crippen LogP contribution in [0.2, 0.25) is 5.22 Å². The summed E-state index contributed by atoms with van der Waals surface area (Å²) in [5, 5.41) is 3.77. The zero-order valence-electron chi connectivity index (χ0n) is 7.45. The number of alkyl halides is 2. The fourth-order valence-corrected chi connectivity index (χ4v) is 1.36. The molecule has 15 heavy (non-hydrogen) atoms. The lowest BCUT2D eigenvalue weighted by atomic mass is 10.1. The van der Waals surface area contributed by atoms with Crippen LogP contribution in [0.15, 0.2) is 34.9 Å². The first-order valence-electron chi connectivity index (χ1n) is 4.17. The highest BCUT2D eigenvalue weighted by Crippen LogP contribution is 2.26. The lowest BCUT2D eigenvalue weighted by molar-refractivity contribution is 0.151. The molecule has 0 amide bonds. The minimum atomic E-state index is -2.49. The second-order valence-electron chi connectivity index (χ2n) is 2.94. The molecule has 0 saturated carbocycles. The molecule has 78 valence electrons. The Hall–Kier alpha value is -1.42. The number of hydrogen-bond acceptors (Lipinski definition) is 2. The molecule has 0 bridgehead atoms. The molecule has 0 unspecified atom stereocenters. The van der Waals surface area contributed by atoms with Gasteiger partial charge in [-0.05, 0) is 17.7 Å². The van der Waals surface area contributed by atoms with Crippen molar-refractivity contribution >= 4 is 11.6 Å². The van der Waals surface area contributed by atoms with E-state index in [-0.39, 0.29) is 10.8 Å². The molecule has 0 N–H and O–H groups in total. The van der Waals surface area contributed by atoms with Gasteiger partial charge in [-0.3, -0.25) is 0 Å². The molecule has 2 aromatic rings. The second kappa shape index (κ2) is 3.98. The van der Waals surface area contributed by atoms with E-state index in [1.54, 1.807) is 12.1 Å². The molecule has 1 heterocycles. The fraction of sp³-hybridized carbons (Fsp3) is 0.100. The van der Waals surface area contributed by atoms with Gasteiger partial charge in [-0.25, -0.2) is 8.78 Å². The van der Waals surface area contributed by atoms with E-state index in [4.69, 9.17) is 11.6 Å². The summed E-state index contributed by atoms with van der Waals surface area (Å²) in [7, 11) is 0. The summed E-state index contributed by atoms with van der Waals surface area (Å²) >= 11 is 5.54. The Morgan fingerprint density at radius 2 is 2.07 bits per heavy atom. The van der Waals surface area contributed by atoms with Gasteiger partial charge in [0.25, 0.3) is 6.43 Å². The van der Waals surface area contributed by atoms with Crippen molar-refractivity contribution < 1.29 is 13.3 Å². The molecule has 0 radical (unpaired) electrons. The zero-order valence-corrected chi connectivity index (χ0v) is 8.21. The van der Waals surface area contributed by atoms with Gasteiger partial charge >= 0.3 is 0 Å². The maximum absolute atomic E-state index is 12.4. The van der Waals surface area contributed by atoms with E-state index in [1.807, 2.05) is 0 Å². The summed E-state index contributed by atoms with van der Waals surface area (Å²) in [5.41, 5.74) is 0.956. The molecule has 0 atom stereocenters. The number of hydrogen-bond donors (Lipinski definition) is 0. The van der Waals surface area contributed by atoms with Crippen molar-refractivity contribution in [2.24, 2.45) is 0 Å². The van der Waals surface area contributed by atoms with Crippen molar-refractivity contribution in [3.05, 3.63) is 41.1 Å². The first-order chi connectivity index (χ1) is 7.16. The van der Waals surface area contributed by atoms with Crippen LogP contribution in [0.5, 0.6) is 0 Å². The molecule has 0 aliphatic carbocycles. The van der Waals surface area contributed by atoms with E-state index in [9.17, 15) is 8.78 Å². The first kappa shape index (κ1) is 10.1. The highest BCUT2D eigenvalue weighted by Gasteiger charge is 2.10. The number of aromatic nitrogens is 1. The van der Waals surface area contributed by atoms with Crippen molar-refractivity contribution in [3.8, 4) is 11.3 Å². The Labute approximate surface area is 89.5 Å². The van der Waals surface area contributed by atoms with Crippen LogP contribution >= 0.6 is 11.6 Å². The third-order valence-corrected chi connectivity index (χ3v) is 2.09. The van der Waals surface area contributed by atoms with Gasteiger partial charge in [0.15, 0.2) is 0 Å². The normalized spacial score (nSPS) is 10.9. The van der Waals surface area contributed by atoms with Crippen molar-refractivity contribution in [2.45, 2.75) is 6.43 Å². The van der Waals surface area contributed by atoms with E-state index in [0.717, 1.165) is 0 Å². The molecule has 2 rings (SSSR count). The van der Waals surface area contributed by atoms with E-state index in [0.29, 0.717) is 11.3 Å².